The molecule has 1 aromatic heterocycles. The third kappa shape index (κ3) is 4.91. The van der Waals surface area contributed by atoms with E-state index in [4.69, 9.17) is 0 Å². The maximum absolute atomic E-state index is 4.46. The van der Waals surface area contributed by atoms with Crippen LogP contribution in [0.5, 0.6) is 0 Å². The van der Waals surface area contributed by atoms with Gasteiger partial charge in [0.2, 0.25) is 0 Å². The van der Waals surface area contributed by atoms with E-state index in [2.05, 4.69) is 56.4 Å². The average molecular weight is 299 g/mol. The van der Waals surface area contributed by atoms with Crippen molar-refractivity contribution in [1.82, 2.24) is 20.2 Å². The molecule has 0 aliphatic heterocycles. The molecule has 5 nitrogen and oxygen atoms in total. The zero-order chi connectivity index (χ0) is 15.6. The van der Waals surface area contributed by atoms with Crippen LogP contribution < -0.4 is 10.6 Å². The Morgan fingerprint density at radius 1 is 1.18 bits per heavy atom. The number of benzene rings is 1. The number of aliphatic imine (C=N–C) groups is 1. The van der Waals surface area contributed by atoms with Crippen LogP contribution in [-0.2, 0) is 13.0 Å². The van der Waals surface area contributed by atoms with Crippen LogP contribution >= 0.6 is 0 Å². The van der Waals surface area contributed by atoms with Crippen LogP contribution in [-0.4, -0.2) is 35.6 Å². The molecule has 0 fully saturated rings. The van der Waals surface area contributed by atoms with Gasteiger partial charge in [-0.25, -0.2) is 4.98 Å². The highest BCUT2D eigenvalue weighted by Crippen LogP contribution is 2.05. The summed E-state index contributed by atoms with van der Waals surface area (Å²) in [6.45, 7) is 4.75. The highest BCUT2D eigenvalue weighted by atomic mass is 15.2. The standard InChI is InChI=1S/C17H25N5/c1-3-10-20-17(18-2)21-11-9-16-19-12-13-22(16)14-15-7-5-4-6-8-15/h4-8,12-13H,3,9-11,14H2,1-2H3,(H2,18,20,21). The summed E-state index contributed by atoms with van der Waals surface area (Å²) in [5, 5.41) is 6.58. The maximum atomic E-state index is 4.46. The first kappa shape index (κ1) is 16.1. The maximum Gasteiger partial charge on any atom is 0.190 e. The van der Waals surface area contributed by atoms with Crippen LogP contribution in [0.15, 0.2) is 47.7 Å². The van der Waals surface area contributed by atoms with E-state index in [9.17, 15) is 0 Å². The Hall–Kier alpha value is -2.30. The lowest BCUT2D eigenvalue weighted by Gasteiger charge is -2.12. The topological polar surface area (TPSA) is 54.2 Å². The van der Waals surface area contributed by atoms with Gasteiger partial charge in [0.1, 0.15) is 5.82 Å². The normalized spacial score (nSPS) is 11.5. The minimum atomic E-state index is 0.815. The summed E-state index contributed by atoms with van der Waals surface area (Å²) in [5.74, 6) is 1.94. The molecule has 0 atom stereocenters. The molecule has 118 valence electrons. The summed E-state index contributed by atoms with van der Waals surface area (Å²) in [4.78, 5) is 8.66. The number of nitrogens with zero attached hydrogens (tertiary/aromatic N) is 3. The van der Waals surface area contributed by atoms with Crippen molar-refractivity contribution in [1.29, 1.82) is 0 Å². The van der Waals surface area contributed by atoms with Crippen molar-refractivity contribution < 1.29 is 0 Å². The summed E-state index contributed by atoms with van der Waals surface area (Å²) >= 11 is 0. The Morgan fingerprint density at radius 3 is 2.68 bits per heavy atom. The van der Waals surface area contributed by atoms with Crippen LogP contribution in [0.3, 0.4) is 0 Å². The van der Waals surface area contributed by atoms with Gasteiger partial charge in [0, 0.05) is 45.5 Å². The Balaban J connectivity index is 1.85. The van der Waals surface area contributed by atoms with E-state index < -0.39 is 0 Å². The van der Waals surface area contributed by atoms with Gasteiger partial charge in [-0.15, -0.1) is 0 Å². The van der Waals surface area contributed by atoms with Crippen LogP contribution in [0.1, 0.15) is 24.7 Å². The smallest absolute Gasteiger partial charge is 0.190 e. The fraction of sp³-hybridized carbons (Fsp3) is 0.412. The van der Waals surface area contributed by atoms with Gasteiger partial charge in [-0.3, -0.25) is 4.99 Å². The van der Waals surface area contributed by atoms with Crippen molar-refractivity contribution in [3.63, 3.8) is 0 Å². The second kappa shape index (κ2) is 8.87. The zero-order valence-corrected chi connectivity index (χ0v) is 13.4. The first-order valence-corrected chi connectivity index (χ1v) is 7.82. The quantitative estimate of drug-likeness (QED) is 0.608. The fourth-order valence-electron chi connectivity index (χ4n) is 2.25. The van der Waals surface area contributed by atoms with Gasteiger partial charge < -0.3 is 15.2 Å². The van der Waals surface area contributed by atoms with Crippen molar-refractivity contribution in [3.8, 4) is 0 Å². The van der Waals surface area contributed by atoms with Crippen molar-refractivity contribution in [2.45, 2.75) is 26.3 Å². The van der Waals surface area contributed by atoms with Gasteiger partial charge in [0.05, 0.1) is 0 Å². The van der Waals surface area contributed by atoms with Gasteiger partial charge in [-0.05, 0) is 12.0 Å². The number of nitrogens with one attached hydrogen (secondary N) is 2. The zero-order valence-electron chi connectivity index (χ0n) is 13.4. The summed E-state index contributed by atoms with van der Waals surface area (Å²) in [7, 11) is 1.79. The Morgan fingerprint density at radius 2 is 1.95 bits per heavy atom. The molecule has 2 rings (SSSR count). The molecular formula is C17H25N5. The van der Waals surface area contributed by atoms with Crippen LogP contribution in [0.25, 0.3) is 0 Å². The number of imidazole rings is 1. The van der Waals surface area contributed by atoms with Crippen molar-refractivity contribution >= 4 is 5.96 Å². The molecule has 2 N–H and O–H groups in total. The Kier molecular flexibility index (Phi) is 6.48. The molecular weight excluding hydrogens is 274 g/mol. The second-order valence-electron chi connectivity index (χ2n) is 5.13. The molecule has 0 aliphatic carbocycles. The summed E-state index contributed by atoms with van der Waals surface area (Å²) in [5.41, 5.74) is 1.29. The Labute approximate surface area is 132 Å². The van der Waals surface area contributed by atoms with E-state index in [-0.39, 0.29) is 0 Å². The SMILES string of the molecule is CCCNC(=NC)NCCc1nccn1Cc1ccccc1. The second-order valence-corrected chi connectivity index (χ2v) is 5.13. The molecule has 5 heteroatoms. The number of hydrogen-bond donors (Lipinski definition) is 2. The number of guanidine groups is 1. The van der Waals surface area contributed by atoms with E-state index in [1.807, 2.05) is 18.5 Å². The molecule has 0 aliphatic rings. The van der Waals surface area contributed by atoms with Gasteiger partial charge in [-0.1, -0.05) is 37.3 Å². The van der Waals surface area contributed by atoms with E-state index in [1.165, 1.54) is 5.56 Å². The highest BCUT2D eigenvalue weighted by molar-refractivity contribution is 5.79. The summed E-state index contributed by atoms with van der Waals surface area (Å²) in [6, 6.07) is 10.4. The average Bonchev–Trinajstić information content (AvgIpc) is 2.99. The van der Waals surface area contributed by atoms with Crippen LogP contribution in [0.4, 0.5) is 0 Å². The van der Waals surface area contributed by atoms with Gasteiger partial charge >= 0.3 is 0 Å². The number of aromatic nitrogens is 2. The highest BCUT2D eigenvalue weighted by Gasteiger charge is 2.04. The molecule has 0 bridgehead atoms. The van der Waals surface area contributed by atoms with Crippen LogP contribution in [0.2, 0.25) is 0 Å². The molecule has 0 radical (unpaired) electrons. The lowest BCUT2D eigenvalue weighted by Crippen LogP contribution is -2.38. The summed E-state index contributed by atoms with van der Waals surface area (Å²) < 4.78 is 2.19. The molecule has 1 aromatic carbocycles. The van der Waals surface area contributed by atoms with Crippen molar-refractivity contribution in [2.75, 3.05) is 20.1 Å². The van der Waals surface area contributed by atoms with Crippen molar-refractivity contribution in [2.24, 2.45) is 4.99 Å². The van der Waals surface area contributed by atoms with Gasteiger partial charge in [-0.2, -0.15) is 0 Å². The first-order chi connectivity index (χ1) is 10.8. The molecule has 0 unspecified atom stereocenters. The molecule has 0 spiro atoms. The molecule has 22 heavy (non-hydrogen) atoms. The monoisotopic (exact) mass is 299 g/mol. The molecule has 0 saturated heterocycles. The third-order valence-electron chi connectivity index (χ3n) is 3.40. The predicted octanol–water partition coefficient (Wildman–Crippen LogP) is 2.05. The molecule has 0 amide bonds. The lowest BCUT2D eigenvalue weighted by molar-refractivity contribution is 0.692. The first-order valence-electron chi connectivity index (χ1n) is 7.82. The fourth-order valence-corrected chi connectivity index (χ4v) is 2.25. The number of hydrogen-bond acceptors (Lipinski definition) is 2. The van der Waals surface area contributed by atoms with Crippen LogP contribution in [0, 0.1) is 0 Å². The van der Waals surface area contributed by atoms with E-state index in [1.54, 1.807) is 7.05 Å². The van der Waals surface area contributed by atoms with E-state index in [0.29, 0.717) is 0 Å². The lowest BCUT2D eigenvalue weighted by atomic mass is 10.2. The largest absolute Gasteiger partial charge is 0.356 e. The van der Waals surface area contributed by atoms with E-state index >= 15 is 0 Å². The van der Waals surface area contributed by atoms with Crippen molar-refractivity contribution in [3.05, 3.63) is 54.1 Å². The minimum absolute atomic E-state index is 0.815. The molecule has 1 heterocycles. The number of rotatable bonds is 7. The molecule has 0 saturated carbocycles. The third-order valence-corrected chi connectivity index (χ3v) is 3.40. The van der Waals surface area contributed by atoms with Gasteiger partial charge in [0.15, 0.2) is 5.96 Å². The van der Waals surface area contributed by atoms with E-state index in [0.717, 1.165) is 44.3 Å². The predicted molar refractivity (Wildman–Crippen MR) is 91.1 cm³/mol. The van der Waals surface area contributed by atoms with Gasteiger partial charge in [0.25, 0.3) is 0 Å². The Bertz CT molecular complexity index is 574. The summed E-state index contributed by atoms with van der Waals surface area (Å²) in [6.07, 6.45) is 5.85. The minimum Gasteiger partial charge on any atom is -0.356 e. The molecule has 2 aromatic rings.